The lowest BCUT2D eigenvalue weighted by molar-refractivity contribution is 0.106. The first kappa shape index (κ1) is 13.2. The molecule has 90 valence electrons. The lowest BCUT2D eigenvalue weighted by atomic mass is 10.2. The molecule has 0 aromatic heterocycles. The number of ether oxygens (including phenoxy) is 1. The number of hydrogen-bond donors (Lipinski definition) is 0. The quantitative estimate of drug-likeness (QED) is 0.727. The molecule has 1 unspecified atom stereocenters. The zero-order chi connectivity index (χ0) is 12.0. The van der Waals surface area contributed by atoms with Gasteiger partial charge in [-0.2, -0.15) is 8.78 Å². The Bertz CT molecular complexity index is 340. The minimum atomic E-state index is -2.88. The highest BCUT2D eigenvalue weighted by Crippen LogP contribution is 2.14. The first-order chi connectivity index (χ1) is 7.65. The maximum atomic E-state index is 12.1. The van der Waals surface area contributed by atoms with Crippen molar-refractivity contribution in [2.45, 2.75) is 17.3 Å². The monoisotopic (exact) mass is 252 g/mol. The van der Waals surface area contributed by atoms with Crippen LogP contribution >= 0.6 is 0 Å². The van der Waals surface area contributed by atoms with Crippen LogP contribution in [0.1, 0.15) is 5.56 Å². The molecule has 0 N–H and O–H groups in total. The maximum absolute atomic E-state index is 12.1. The van der Waals surface area contributed by atoms with E-state index in [1.807, 2.05) is 0 Å². The van der Waals surface area contributed by atoms with Gasteiger partial charge in [0.1, 0.15) is 17.5 Å². The van der Waals surface area contributed by atoms with Crippen LogP contribution in [-0.4, -0.2) is 23.2 Å². The van der Waals surface area contributed by atoms with Gasteiger partial charge in [-0.25, -0.2) is 8.60 Å². The Morgan fingerprint density at radius 1 is 1.25 bits per heavy atom. The summed E-state index contributed by atoms with van der Waals surface area (Å²) >= 11 is 0. The molecule has 0 bridgehead atoms. The summed E-state index contributed by atoms with van der Waals surface area (Å²) < 4.78 is 51.8. The molecule has 1 aromatic carbocycles. The molecule has 16 heavy (non-hydrogen) atoms. The van der Waals surface area contributed by atoms with E-state index in [1.165, 1.54) is 24.3 Å². The predicted molar refractivity (Wildman–Crippen MR) is 54.5 cm³/mol. The standard InChI is InChI=1S/C10H11F3O2S/c11-5-6-15-7-8-1-3-9(4-2-8)16(14)10(12)13/h1-4,10H,5-7H2. The average Bonchev–Trinajstić information content (AvgIpc) is 2.29. The van der Waals surface area contributed by atoms with Crippen molar-refractivity contribution >= 4 is 10.8 Å². The SMILES string of the molecule is O=S(c1ccc(COCCF)cc1)C(F)F. The van der Waals surface area contributed by atoms with E-state index in [4.69, 9.17) is 4.74 Å². The summed E-state index contributed by atoms with van der Waals surface area (Å²) in [6.07, 6.45) is 0. The molecule has 0 radical (unpaired) electrons. The summed E-state index contributed by atoms with van der Waals surface area (Å²) in [6, 6.07) is 5.79. The van der Waals surface area contributed by atoms with E-state index in [1.54, 1.807) is 0 Å². The van der Waals surface area contributed by atoms with Gasteiger partial charge in [0.25, 0.3) is 0 Å². The Morgan fingerprint density at radius 3 is 2.38 bits per heavy atom. The van der Waals surface area contributed by atoms with Crippen molar-refractivity contribution in [2.75, 3.05) is 13.3 Å². The first-order valence-corrected chi connectivity index (χ1v) is 5.78. The van der Waals surface area contributed by atoms with Gasteiger partial charge in [0, 0.05) is 4.90 Å². The number of alkyl halides is 3. The third-order valence-electron chi connectivity index (χ3n) is 1.81. The zero-order valence-electron chi connectivity index (χ0n) is 8.37. The van der Waals surface area contributed by atoms with Crippen LogP contribution in [0, 0.1) is 0 Å². The summed E-state index contributed by atoms with van der Waals surface area (Å²) in [5.74, 6) is -2.88. The number of benzene rings is 1. The molecule has 0 aliphatic carbocycles. The maximum Gasteiger partial charge on any atom is 0.316 e. The normalized spacial score (nSPS) is 13.0. The fraction of sp³-hybridized carbons (Fsp3) is 0.400. The van der Waals surface area contributed by atoms with E-state index in [0.717, 1.165) is 5.56 Å². The largest absolute Gasteiger partial charge is 0.374 e. The van der Waals surface area contributed by atoms with E-state index in [0.29, 0.717) is 0 Å². The molecular weight excluding hydrogens is 241 g/mol. The van der Waals surface area contributed by atoms with Crippen LogP contribution in [0.3, 0.4) is 0 Å². The second-order valence-corrected chi connectivity index (χ2v) is 4.37. The Morgan fingerprint density at radius 2 is 1.88 bits per heavy atom. The van der Waals surface area contributed by atoms with Crippen molar-refractivity contribution in [3.63, 3.8) is 0 Å². The van der Waals surface area contributed by atoms with Gasteiger partial charge in [0.05, 0.1) is 13.2 Å². The zero-order valence-corrected chi connectivity index (χ0v) is 9.18. The number of halogens is 3. The van der Waals surface area contributed by atoms with Gasteiger partial charge in [-0.05, 0) is 17.7 Å². The van der Waals surface area contributed by atoms with Crippen LogP contribution in [0.4, 0.5) is 13.2 Å². The van der Waals surface area contributed by atoms with Crippen molar-refractivity contribution in [2.24, 2.45) is 0 Å². The third-order valence-corrected chi connectivity index (χ3v) is 2.87. The molecule has 0 saturated carbocycles. The van der Waals surface area contributed by atoms with Gasteiger partial charge >= 0.3 is 5.76 Å². The van der Waals surface area contributed by atoms with Crippen molar-refractivity contribution in [1.29, 1.82) is 0 Å². The minimum Gasteiger partial charge on any atom is -0.374 e. The lowest BCUT2D eigenvalue weighted by Gasteiger charge is -2.04. The van der Waals surface area contributed by atoms with Crippen LogP contribution in [0.25, 0.3) is 0 Å². The highest BCUT2D eigenvalue weighted by Gasteiger charge is 2.14. The topological polar surface area (TPSA) is 26.3 Å². The Balaban J connectivity index is 2.57. The highest BCUT2D eigenvalue weighted by molar-refractivity contribution is 7.85. The molecule has 0 spiro atoms. The molecule has 2 nitrogen and oxygen atoms in total. The minimum absolute atomic E-state index is 0.00468. The molecule has 0 fully saturated rings. The molecular formula is C10H11F3O2S. The van der Waals surface area contributed by atoms with Gasteiger partial charge in [-0.3, -0.25) is 0 Å². The fourth-order valence-corrected chi connectivity index (χ4v) is 1.68. The summed E-state index contributed by atoms with van der Waals surface area (Å²) in [5, 5.41) is 0. The Hall–Kier alpha value is -0.880. The Labute approximate surface area is 93.9 Å². The molecule has 0 amide bonds. The van der Waals surface area contributed by atoms with Gasteiger partial charge < -0.3 is 4.74 Å². The van der Waals surface area contributed by atoms with Crippen molar-refractivity contribution in [3.05, 3.63) is 29.8 Å². The van der Waals surface area contributed by atoms with E-state index >= 15 is 0 Å². The summed E-state index contributed by atoms with van der Waals surface area (Å²) in [7, 11) is -2.28. The Kier molecular flexibility index (Phi) is 5.48. The van der Waals surface area contributed by atoms with Gasteiger partial charge in [0.15, 0.2) is 0 Å². The molecule has 0 saturated heterocycles. The van der Waals surface area contributed by atoms with Crippen LogP contribution in [0.15, 0.2) is 29.2 Å². The summed E-state index contributed by atoms with van der Waals surface area (Å²) in [4.78, 5) is 0.0734. The van der Waals surface area contributed by atoms with Gasteiger partial charge in [-0.15, -0.1) is 0 Å². The van der Waals surface area contributed by atoms with E-state index in [9.17, 15) is 17.4 Å². The second-order valence-electron chi connectivity index (χ2n) is 2.94. The summed E-state index contributed by atoms with van der Waals surface area (Å²) in [5.41, 5.74) is 0.725. The van der Waals surface area contributed by atoms with Crippen LogP contribution in [0.2, 0.25) is 0 Å². The van der Waals surface area contributed by atoms with E-state index < -0.39 is 23.2 Å². The highest BCUT2D eigenvalue weighted by atomic mass is 32.2. The van der Waals surface area contributed by atoms with E-state index in [-0.39, 0.29) is 18.1 Å². The predicted octanol–water partition coefficient (Wildman–Crippen LogP) is 2.50. The fourth-order valence-electron chi connectivity index (χ4n) is 1.07. The van der Waals surface area contributed by atoms with Gasteiger partial charge in [-0.1, -0.05) is 12.1 Å². The van der Waals surface area contributed by atoms with Crippen molar-refractivity contribution in [3.8, 4) is 0 Å². The van der Waals surface area contributed by atoms with Crippen LogP contribution in [0.5, 0.6) is 0 Å². The second kappa shape index (κ2) is 6.65. The molecule has 1 aromatic rings. The molecule has 1 rings (SSSR count). The van der Waals surface area contributed by atoms with Crippen LogP contribution in [-0.2, 0) is 22.1 Å². The smallest absolute Gasteiger partial charge is 0.316 e. The van der Waals surface area contributed by atoms with E-state index in [2.05, 4.69) is 0 Å². The van der Waals surface area contributed by atoms with Crippen LogP contribution < -0.4 is 0 Å². The molecule has 0 aliphatic heterocycles. The average molecular weight is 252 g/mol. The molecule has 6 heteroatoms. The molecule has 0 heterocycles. The van der Waals surface area contributed by atoms with Crippen molar-refractivity contribution < 1.29 is 22.1 Å². The number of hydrogen-bond acceptors (Lipinski definition) is 2. The molecule has 0 aliphatic rings. The number of rotatable bonds is 6. The summed E-state index contributed by atoms with van der Waals surface area (Å²) in [6.45, 7) is -0.344. The third kappa shape index (κ3) is 3.94. The van der Waals surface area contributed by atoms with Crippen molar-refractivity contribution in [1.82, 2.24) is 0 Å². The van der Waals surface area contributed by atoms with Gasteiger partial charge in [0.2, 0.25) is 0 Å². The first-order valence-electron chi connectivity index (χ1n) is 4.56. The molecule has 1 atom stereocenters. The lowest BCUT2D eigenvalue weighted by Crippen LogP contribution is -2.03.